The number of carbonyl (C=O) groups is 2. The van der Waals surface area contributed by atoms with E-state index in [1.807, 2.05) is 16.8 Å². The fourth-order valence-corrected chi connectivity index (χ4v) is 3.83. The molecule has 1 fully saturated rings. The summed E-state index contributed by atoms with van der Waals surface area (Å²) in [6.45, 7) is 5.05. The molecule has 0 unspecified atom stereocenters. The summed E-state index contributed by atoms with van der Waals surface area (Å²) in [7, 11) is 1.93. The van der Waals surface area contributed by atoms with Gasteiger partial charge in [0.25, 0.3) is 0 Å². The lowest BCUT2D eigenvalue weighted by molar-refractivity contribution is -0.135. The van der Waals surface area contributed by atoms with Gasteiger partial charge in [0, 0.05) is 40.2 Å². The van der Waals surface area contributed by atoms with Crippen molar-refractivity contribution in [3.63, 3.8) is 0 Å². The number of benzene rings is 1. The van der Waals surface area contributed by atoms with Crippen molar-refractivity contribution < 1.29 is 9.59 Å². The molecule has 1 aliphatic carbocycles. The molecule has 1 aromatic rings. The topological polar surface area (TPSA) is 43.9 Å². The zero-order chi connectivity index (χ0) is 17.1. The van der Waals surface area contributed by atoms with Crippen LogP contribution >= 0.6 is 0 Å². The van der Waals surface area contributed by atoms with Gasteiger partial charge in [-0.1, -0.05) is 24.3 Å². The van der Waals surface area contributed by atoms with Crippen molar-refractivity contribution in [1.29, 1.82) is 0 Å². The summed E-state index contributed by atoms with van der Waals surface area (Å²) < 4.78 is 0. The minimum absolute atomic E-state index is 0.122. The molecular formula is C19H27N3O2. The van der Waals surface area contributed by atoms with Crippen molar-refractivity contribution in [2.45, 2.75) is 32.2 Å². The Kier molecular flexibility index (Phi) is 5.19. The molecule has 130 valence electrons. The van der Waals surface area contributed by atoms with Crippen molar-refractivity contribution in [2.75, 3.05) is 39.8 Å². The van der Waals surface area contributed by atoms with Crippen molar-refractivity contribution in [2.24, 2.45) is 0 Å². The molecule has 0 radical (unpaired) electrons. The van der Waals surface area contributed by atoms with Gasteiger partial charge in [-0.15, -0.1) is 0 Å². The first-order chi connectivity index (χ1) is 11.6. The van der Waals surface area contributed by atoms with E-state index in [-0.39, 0.29) is 17.9 Å². The fraction of sp³-hybridized carbons (Fsp3) is 0.579. The van der Waals surface area contributed by atoms with E-state index < -0.39 is 0 Å². The second kappa shape index (κ2) is 7.34. The van der Waals surface area contributed by atoms with E-state index in [0.29, 0.717) is 6.54 Å². The molecule has 1 atom stereocenters. The van der Waals surface area contributed by atoms with E-state index in [0.717, 1.165) is 45.4 Å². The van der Waals surface area contributed by atoms with Crippen LogP contribution < -0.4 is 0 Å². The van der Waals surface area contributed by atoms with Crippen molar-refractivity contribution >= 4 is 11.8 Å². The SMILES string of the molecule is CC(=O)N1CCN(CC(=O)N(C)[C@@H]2CCCc3ccccc32)CC1. The first-order valence-corrected chi connectivity index (χ1v) is 8.87. The average Bonchev–Trinajstić information content (AvgIpc) is 2.61. The van der Waals surface area contributed by atoms with Gasteiger partial charge >= 0.3 is 0 Å². The first-order valence-electron chi connectivity index (χ1n) is 8.87. The molecule has 1 heterocycles. The quantitative estimate of drug-likeness (QED) is 0.847. The van der Waals surface area contributed by atoms with Crippen molar-refractivity contribution in [3.8, 4) is 0 Å². The zero-order valence-electron chi connectivity index (χ0n) is 14.7. The highest BCUT2D eigenvalue weighted by Gasteiger charge is 2.28. The number of fused-ring (bicyclic) bond motifs is 1. The standard InChI is InChI=1S/C19H27N3O2/c1-15(23)22-12-10-21(11-13-22)14-19(24)20(2)18-9-5-7-16-6-3-4-8-17(16)18/h3-4,6,8,18H,5,7,9-14H2,1-2H3/t18-/m1/s1. The number of amides is 2. The monoisotopic (exact) mass is 329 g/mol. The smallest absolute Gasteiger partial charge is 0.237 e. The van der Waals surface area contributed by atoms with Crippen molar-refractivity contribution in [3.05, 3.63) is 35.4 Å². The average molecular weight is 329 g/mol. The largest absolute Gasteiger partial charge is 0.340 e. The van der Waals surface area contributed by atoms with Gasteiger partial charge in [-0.2, -0.15) is 0 Å². The van der Waals surface area contributed by atoms with Gasteiger partial charge in [0.2, 0.25) is 11.8 Å². The second-order valence-electron chi connectivity index (χ2n) is 6.89. The predicted molar refractivity (Wildman–Crippen MR) is 93.6 cm³/mol. The van der Waals surface area contributed by atoms with Crippen LogP contribution in [0.15, 0.2) is 24.3 Å². The Morgan fingerprint density at radius 1 is 1.17 bits per heavy atom. The molecule has 24 heavy (non-hydrogen) atoms. The van der Waals surface area contributed by atoms with E-state index >= 15 is 0 Å². The molecule has 1 saturated heterocycles. The molecule has 0 saturated carbocycles. The number of carbonyl (C=O) groups excluding carboxylic acids is 2. The number of nitrogens with zero attached hydrogens (tertiary/aromatic N) is 3. The predicted octanol–water partition coefficient (Wildman–Crippen LogP) is 1.69. The second-order valence-corrected chi connectivity index (χ2v) is 6.89. The molecule has 1 aliphatic heterocycles. The van der Waals surface area contributed by atoms with E-state index in [2.05, 4.69) is 29.2 Å². The Hall–Kier alpha value is -1.88. The molecular weight excluding hydrogens is 302 g/mol. The highest BCUT2D eigenvalue weighted by molar-refractivity contribution is 5.78. The Labute approximate surface area is 144 Å². The molecule has 1 aromatic carbocycles. The molecule has 5 nitrogen and oxygen atoms in total. The van der Waals surface area contributed by atoms with Crippen LogP contribution in [-0.2, 0) is 16.0 Å². The number of aryl methyl sites for hydroxylation is 1. The number of likely N-dealkylation sites (N-methyl/N-ethyl adjacent to an activating group) is 1. The Morgan fingerprint density at radius 3 is 2.58 bits per heavy atom. The van der Waals surface area contributed by atoms with Gasteiger partial charge < -0.3 is 9.80 Å². The van der Waals surface area contributed by atoms with Gasteiger partial charge in [-0.3, -0.25) is 14.5 Å². The molecule has 2 aliphatic rings. The fourth-order valence-electron chi connectivity index (χ4n) is 3.83. The Morgan fingerprint density at radius 2 is 1.88 bits per heavy atom. The minimum atomic E-state index is 0.122. The third-order valence-corrected chi connectivity index (χ3v) is 5.38. The summed E-state index contributed by atoms with van der Waals surface area (Å²) in [4.78, 5) is 30.1. The lowest BCUT2D eigenvalue weighted by Gasteiger charge is -2.37. The van der Waals surface area contributed by atoms with E-state index in [4.69, 9.17) is 0 Å². The van der Waals surface area contributed by atoms with Crippen LogP contribution in [0.3, 0.4) is 0 Å². The van der Waals surface area contributed by atoms with Gasteiger partial charge in [0.05, 0.1) is 12.6 Å². The van der Waals surface area contributed by atoms with E-state index in [9.17, 15) is 9.59 Å². The summed E-state index contributed by atoms with van der Waals surface area (Å²) in [5, 5.41) is 0. The summed E-state index contributed by atoms with van der Waals surface area (Å²) in [6.07, 6.45) is 3.29. The molecule has 3 rings (SSSR count). The maximum Gasteiger partial charge on any atom is 0.237 e. The molecule has 0 N–H and O–H groups in total. The maximum atomic E-state index is 12.7. The highest BCUT2D eigenvalue weighted by Crippen LogP contribution is 2.33. The lowest BCUT2D eigenvalue weighted by atomic mass is 9.87. The maximum absolute atomic E-state index is 12.7. The van der Waals surface area contributed by atoms with E-state index in [1.54, 1.807) is 6.92 Å². The third kappa shape index (κ3) is 3.61. The van der Waals surface area contributed by atoms with Gasteiger partial charge in [-0.25, -0.2) is 0 Å². The summed E-state index contributed by atoms with van der Waals surface area (Å²) in [5.41, 5.74) is 2.68. The summed E-state index contributed by atoms with van der Waals surface area (Å²) in [6, 6.07) is 8.68. The van der Waals surface area contributed by atoms with Crippen LogP contribution in [0, 0.1) is 0 Å². The molecule has 2 amide bonds. The highest BCUT2D eigenvalue weighted by atomic mass is 16.2. The van der Waals surface area contributed by atoms with Crippen LogP contribution in [-0.4, -0.2) is 66.3 Å². The first kappa shape index (κ1) is 17.0. The zero-order valence-corrected chi connectivity index (χ0v) is 14.7. The van der Waals surface area contributed by atoms with Crippen molar-refractivity contribution in [1.82, 2.24) is 14.7 Å². The Balaban J connectivity index is 1.59. The number of rotatable bonds is 3. The molecule has 0 spiro atoms. The Bertz CT molecular complexity index is 608. The summed E-state index contributed by atoms with van der Waals surface area (Å²) >= 11 is 0. The molecule has 0 bridgehead atoms. The lowest BCUT2D eigenvalue weighted by Crippen LogP contribution is -2.51. The van der Waals surface area contributed by atoms with Crippen LogP contribution in [0.2, 0.25) is 0 Å². The van der Waals surface area contributed by atoms with Gasteiger partial charge in [-0.05, 0) is 30.4 Å². The van der Waals surface area contributed by atoms with Crippen LogP contribution in [0.4, 0.5) is 0 Å². The third-order valence-electron chi connectivity index (χ3n) is 5.38. The molecule has 5 heteroatoms. The van der Waals surface area contributed by atoms with Crippen LogP contribution in [0.25, 0.3) is 0 Å². The van der Waals surface area contributed by atoms with Gasteiger partial charge in [0.15, 0.2) is 0 Å². The van der Waals surface area contributed by atoms with E-state index in [1.165, 1.54) is 11.1 Å². The molecule has 0 aromatic heterocycles. The van der Waals surface area contributed by atoms with Crippen LogP contribution in [0.1, 0.15) is 36.9 Å². The number of piperazine rings is 1. The number of hydrogen-bond acceptors (Lipinski definition) is 3. The minimum Gasteiger partial charge on any atom is -0.340 e. The van der Waals surface area contributed by atoms with Crippen LogP contribution in [0.5, 0.6) is 0 Å². The summed E-state index contributed by atoms with van der Waals surface area (Å²) in [5.74, 6) is 0.296. The normalized spacial score (nSPS) is 21.2. The number of hydrogen-bond donors (Lipinski definition) is 0. The van der Waals surface area contributed by atoms with Gasteiger partial charge in [0.1, 0.15) is 0 Å².